The van der Waals surface area contributed by atoms with Crippen LogP contribution in [0.5, 0.6) is 0 Å². The SMILES string of the molecule is OC[C@H]1N[C@@](CO)(OC[C@H]2N[C@H](CO)[C@@H](O)[C@@H]2O)[C@@H](O)[C@@H]1O. The van der Waals surface area contributed by atoms with Crippen LogP contribution < -0.4 is 10.6 Å². The average Bonchev–Trinajstić information content (AvgIpc) is 2.95. The molecular formula is C12H24N2O8. The van der Waals surface area contributed by atoms with E-state index in [2.05, 4.69) is 10.6 Å². The fourth-order valence-electron chi connectivity index (χ4n) is 2.94. The summed E-state index contributed by atoms with van der Waals surface area (Å²) >= 11 is 0. The number of hydrogen-bond acceptors (Lipinski definition) is 10. The highest BCUT2D eigenvalue weighted by Crippen LogP contribution is 2.27. The molecule has 2 aliphatic rings. The topological polar surface area (TPSA) is 175 Å². The van der Waals surface area contributed by atoms with E-state index < -0.39 is 61.5 Å². The molecule has 0 aromatic carbocycles. The molecule has 130 valence electrons. The van der Waals surface area contributed by atoms with E-state index in [1.165, 1.54) is 0 Å². The normalized spacial score (nSPS) is 49.0. The van der Waals surface area contributed by atoms with E-state index in [4.69, 9.17) is 14.9 Å². The Morgan fingerprint density at radius 3 is 1.86 bits per heavy atom. The van der Waals surface area contributed by atoms with Gasteiger partial charge in [-0.2, -0.15) is 0 Å². The molecule has 2 saturated heterocycles. The van der Waals surface area contributed by atoms with E-state index in [0.717, 1.165) is 0 Å². The van der Waals surface area contributed by atoms with Crippen molar-refractivity contribution in [3.8, 4) is 0 Å². The molecule has 10 heteroatoms. The Labute approximate surface area is 127 Å². The van der Waals surface area contributed by atoms with Crippen LogP contribution in [0.15, 0.2) is 0 Å². The fraction of sp³-hybridized carbons (Fsp3) is 1.00. The first-order valence-corrected chi connectivity index (χ1v) is 7.12. The zero-order valence-electron chi connectivity index (χ0n) is 11.9. The highest BCUT2D eigenvalue weighted by molar-refractivity contribution is 5.05. The zero-order valence-corrected chi connectivity index (χ0v) is 11.9. The third-order valence-electron chi connectivity index (χ3n) is 4.39. The molecule has 22 heavy (non-hydrogen) atoms. The summed E-state index contributed by atoms with van der Waals surface area (Å²) in [6, 6.07) is -2.29. The largest absolute Gasteiger partial charge is 0.395 e. The van der Waals surface area contributed by atoms with Crippen LogP contribution >= 0.6 is 0 Å². The van der Waals surface area contributed by atoms with Crippen LogP contribution in [0.2, 0.25) is 0 Å². The van der Waals surface area contributed by atoms with Crippen LogP contribution in [0.4, 0.5) is 0 Å². The molecule has 0 aliphatic carbocycles. The summed E-state index contributed by atoms with van der Waals surface area (Å²) < 4.78 is 5.45. The molecule has 2 fully saturated rings. The van der Waals surface area contributed by atoms with Gasteiger partial charge in [0.1, 0.15) is 12.2 Å². The summed E-state index contributed by atoms with van der Waals surface area (Å²) in [7, 11) is 0. The van der Waals surface area contributed by atoms with Crippen LogP contribution in [0.25, 0.3) is 0 Å². The molecule has 0 unspecified atom stereocenters. The quantitative estimate of drug-likeness (QED) is 0.229. The molecule has 0 aromatic heterocycles. The summed E-state index contributed by atoms with van der Waals surface area (Å²) in [5.41, 5.74) is -1.68. The summed E-state index contributed by atoms with van der Waals surface area (Å²) in [6.07, 6.45) is -5.16. The second-order valence-corrected chi connectivity index (χ2v) is 5.77. The summed E-state index contributed by atoms with van der Waals surface area (Å²) in [4.78, 5) is 0. The number of hydrogen-bond donors (Lipinski definition) is 9. The van der Waals surface area contributed by atoms with Crippen LogP contribution in [0.3, 0.4) is 0 Å². The highest BCUT2D eigenvalue weighted by Gasteiger charge is 2.54. The molecule has 0 amide bonds. The van der Waals surface area contributed by atoms with Gasteiger partial charge in [-0.15, -0.1) is 0 Å². The lowest BCUT2D eigenvalue weighted by Crippen LogP contribution is -2.57. The Hall–Kier alpha value is -0.400. The molecule has 0 radical (unpaired) electrons. The second kappa shape index (κ2) is 7.01. The van der Waals surface area contributed by atoms with Crippen LogP contribution in [-0.4, -0.2) is 110 Å². The van der Waals surface area contributed by atoms with Gasteiger partial charge in [-0.25, -0.2) is 0 Å². The van der Waals surface area contributed by atoms with Crippen molar-refractivity contribution in [3.63, 3.8) is 0 Å². The van der Waals surface area contributed by atoms with Crippen LogP contribution in [-0.2, 0) is 4.74 Å². The standard InChI is InChI=1S/C12H24N2O8/c15-1-5-8(18)9(19)7(13-5)3-22-12(4-17)11(21)10(20)6(2-16)14-12/h5-11,13-21H,1-4H2/t5-,6-,7-,8-,9-,10-,11+,12+/m1/s1. The lowest BCUT2D eigenvalue weighted by Gasteiger charge is -2.33. The maximum Gasteiger partial charge on any atom is 0.171 e. The molecule has 2 heterocycles. The molecular weight excluding hydrogens is 300 g/mol. The van der Waals surface area contributed by atoms with E-state index in [0.29, 0.717) is 0 Å². The van der Waals surface area contributed by atoms with Gasteiger partial charge < -0.3 is 45.8 Å². The number of aliphatic hydroxyl groups excluding tert-OH is 7. The van der Waals surface area contributed by atoms with E-state index in [1.807, 2.05) is 0 Å². The van der Waals surface area contributed by atoms with Crippen LogP contribution in [0.1, 0.15) is 0 Å². The van der Waals surface area contributed by atoms with Gasteiger partial charge >= 0.3 is 0 Å². The smallest absolute Gasteiger partial charge is 0.171 e. The predicted molar refractivity (Wildman–Crippen MR) is 71.6 cm³/mol. The van der Waals surface area contributed by atoms with Gasteiger partial charge in [0.2, 0.25) is 0 Å². The van der Waals surface area contributed by atoms with Crippen molar-refractivity contribution in [2.45, 2.75) is 48.3 Å². The van der Waals surface area contributed by atoms with Gasteiger partial charge in [-0.05, 0) is 0 Å². The number of ether oxygens (including phenoxy) is 1. The Morgan fingerprint density at radius 1 is 0.818 bits per heavy atom. The van der Waals surface area contributed by atoms with E-state index in [-0.39, 0.29) is 13.2 Å². The molecule has 8 atom stereocenters. The lowest BCUT2D eigenvalue weighted by molar-refractivity contribution is -0.166. The molecule has 9 N–H and O–H groups in total. The van der Waals surface area contributed by atoms with Crippen molar-refractivity contribution in [1.29, 1.82) is 0 Å². The lowest BCUT2D eigenvalue weighted by atomic mass is 10.1. The Kier molecular flexibility index (Phi) is 5.72. The van der Waals surface area contributed by atoms with E-state index >= 15 is 0 Å². The first-order valence-electron chi connectivity index (χ1n) is 7.12. The third-order valence-corrected chi connectivity index (χ3v) is 4.39. The minimum atomic E-state index is -1.68. The third kappa shape index (κ3) is 2.99. The second-order valence-electron chi connectivity index (χ2n) is 5.77. The molecule has 0 aromatic rings. The monoisotopic (exact) mass is 324 g/mol. The van der Waals surface area contributed by atoms with Gasteiger partial charge in [0.05, 0.1) is 56.8 Å². The van der Waals surface area contributed by atoms with Crippen molar-refractivity contribution in [1.82, 2.24) is 10.6 Å². The number of nitrogens with one attached hydrogen (secondary N) is 2. The van der Waals surface area contributed by atoms with Crippen molar-refractivity contribution in [2.75, 3.05) is 26.4 Å². The zero-order chi connectivity index (χ0) is 16.5. The minimum Gasteiger partial charge on any atom is -0.395 e. The van der Waals surface area contributed by atoms with Crippen molar-refractivity contribution in [3.05, 3.63) is 0 Å². The Balaban J connectivity index is 2.00. The van der Waals surface area contributed by atoms with Crippen LogP contribution in [0, 0.1) is 0 Å². The van der Waals surface area contributed by atoms with Crippen molar-refractivity contribution in [2.24, 2.45) is 0 Å². The average molecular weight is 324 g/mol. The van der Waals surface area contributed by atoms with E-state index in [9.17, 15) is 25.5 Å². The maximum absolute atomic E-state index is 10.0. The Morgan fingerprint density at radius 2 is 1.41 bits per heavy atom. The predicted octanol–water partition coefficient (Wildman–Crippen LogP) is -5.57. The minimum absolute atomic E-state index is 0.204. The summed E-state index contributed by atoms with van der Waals surface area (Å²) in [5.74, 6) is 0. The van der Waals surface area contributed by atoms with Crippen molar-refractivity contribution < 1.29 is 40.5 Å². The molecule has 0 saturated carbocycles. The highest BCUT2D eigenvalue weighted by atomic mass is 16.5. The Bertz CT molecular complexity index is 375. The van der Waals surface area contributed by atoms with Gasteiger partial charge in [-0.1, -0.05) is 0 Å². The maximum atomic E-state index is 10.0. The van der Waals surface area contributed by atoms with Crippen molar-refractivity contribution >= 4 is 0 Å². The summed E-state index contributed by atoms with van der Waals surface area (Å²) in [5, 5.41) is 72.5. The summed E-state index contributed by atoms with van der Waals surface area (Å²) in [6.45, 7) is -1.70. The number of rotatable bonds is 6. The first kappa shape index (κ1) is 17.9. The van der Waals surface area contributed by atoms with Gasteiger partial charge in [-0.3, -0.25) is 5.32 Å². The van der Waals surface area contributed by atoms with Gasteiger partial charge in [0.25, 0.3) is 0 Å². The van der Waals surface area contributed by atoms with Gasteiger partial charge in [0.15, 0.2) is 5.72 Å². The molecule has 2 aliphatic heterocycles. The van der Waals surface area contributed by atoms with Gasteiger partial charge in [0, 0.05) is 0 Å². The number of aliphatic hydroxyl groups is 7. The molecule has 0 bridgehead atoms. The molecule has 0 spiro atoms. The first-order chi connectivity index (χ1) is 10.4. The molecule has 10 nitrogen and oxygen atoms in total. The fourth-order valence-corrected chi connectivity index (χ4v) is 2.94. The van der Waals surface area contributed by atoms with E-state index in [1.54, 1.807) is 0 Å². The molecule has 2 rings (SSSR count).